The van der Waals surface area contributed by atoms with Gasteiger partial charge in [-0.3, -0.25) is 4.79 Å². The van der Waals surface area contributed by atoms with Crippen LogP contribution in [0.15, 0.2) is 23.6 Å². The molecule has 0 spiro atoms. The normalized spacial score (nSPS) is 15.7. The molecule has 2 nitrogen and oxygen atoms in total. The van der Waals surface area contributed by atoms with Crippen LogP contribution >= 0.6 is 11.3 Å². The van der Waals surface area contributed by atoms with Crippen molar-refractivity contribution in [3.63, 3.8) is 0 Å². The van der Waals surface area contributed by atoms with Gasteiger partial charge in [0.15, 0.2) is 0 Å². The van der Waals surface area contributed by atoms with E-state index in [1.54, 1.807) is 17.4 Å². The molecule has 1 fully saturated rings. The second-order valence-electron chi connectivity index (χ2n) is 4.96. The Morgan fingerprint density at radius 2 is 2.35 bits per heavy atom. The minimum atomic E-state index is 0.162. The van der Waals surface area contributed by atoms with Crippen LogP contribution in [0.1, 0.15) is 31.6 Å². The number of hydrogen-bond acceptors (Lipinski definition) is 2. The zero-order chi connectivity index (χ0) is 12.3. The van der Waals surface area contributed by atoms with Gasteiger partial charge in [-0.25, -0.2) is 0 Å². The number of hydrogen-bond donors (Lipinski definition) is 0. The first-order chi connectivity index (χ1) is 8.16. The lowest BCUT2D eigenvalue weighted by atomic mass is 10.2. The molecule has 2 rings (SSSR count). The molecule has 92 valence electrons. The summed E-state index contributed by atoms with van der Waals surface area (Å²) in [5.74, 6) is 0.698. The molecular formula is C14H19NOS. The molecule has 0 aliphatic heterocycles. The van der Waals surface area contributed by atoms with Crippen LogP contribution in [-0.4, -0.2) is 23.4 Å². The zero-order valence-electron chi connectivity index (χ0n) is 10.4. The van der Waals surface area contributed by atoms with Crippen LogP contribution in [0.5, 0.6) is 0 Å². The summed E-state index contributed by atoms with van der Waals surface area (Å²) in [6.45, 7) is 5.19. The Hall–Kier alpha value is -1.09. The summed E-state index contributed by atoms with van der Waals surface area (Å²) in [5, 5.41) is 2.02. The first kappa shape index (κ1) is 12.4. The molecule has 0 aromatic carbocycles. The molecular weight excluding hydrogens is 230 g/mol. The van der Waals surface area contributed by atoms with E-state index in [9.17, 15) is 4.79 Å². The van der Waals surface area contributed by atoms with Gasteiger partial charge >= 0.3 is 0 Å². The first-order valence-corrected chi connectivity index (χ1v) is 7.07. The van der Waals surface area contributed by atoms with E-state index in [4.69, 9.17) is 0 Å². The van der Waals surface area contributed by atoms with Gasteiger partial charge in [-0.05, 0) is 36.3 Å². The first-order valence-electron chi connectivity index (χ1n) is 6.19. The summed E-state index contributed by atoms with van der Waals surface area (Å²) in [6, 6.07) is 4.53. The molecule has 1 aromatic rings. The lowest BCUT2D eigenvalue weighted by Crippen LogP contribution is -2.34. The van der Waals surface area contributed by atoms with Crippen LogP contribution < -0.4 is 0 Å². The Bertz CT molecular complexity index is 390. The van der Waals surface area contributed by atoms with Gasteiger partial charge in [0.25, 0.3) is 0 Å². The van der Waals surface area contributed by atoms with Crippen molar-refractivity contribution in [3.8, 4) is 0 Å². The molecule has 1 aliphatic rings. The van der Waals surface area contributed by atoms with Crippen molar-refractivity contribution in [2.24, 2.45) is 5.92 Å². The van der Waals surface area contributed by atoms with E-state index in [-0.39, 0.29) is 5.91 Å². The van der Waals surface area contributed by atoms with E-state index in [1.807, 2.05) is 28.5 Å². The monoisotopic (exact) mass is 249 g/mol. The average molecular weight is 249 g/mol. The average Bonchev–Trinajstić information content (AvgIpc) is 2.99. The summed E-state index contributed by atoms with van der Waals surface area (Å²) in [5.41, 5.74) is 0. The quantitative estimate of drug-likeness (QED) is 0.732. The largest absolute Gasteiger partial charge is 0.336 e. The molecule has 17 heavy (non-hydrogen) atoms. The van der Waals surface area contributed by atoms with Gasteiger partial charge in [-0.2, -0.15) is 0 Å². The molecule has 0 N–H and O–H groups in total. The Kier molecular flexibility index (Phi) is 4.00. The minimum absolute atomic E-state index is 0.162. The van der Waals surface area contributed by atoms with Crippen molar-refractivity contribution in [3.05, 3.63) is 28.5 Å². The molecule has 1 heterocycles. The number of nitrogens with zero attached hydrogens (tertiary/aromatic N) is 1. The second-order valence-corrected chi connectivity index (χ2v) is 5.94. The Labute approximate surface area is 107 Å². The van der Waals surface area contributed by atoms with Crippen molar-refractivity contribution in [1.29, 1.82) is 0 Å². The van der Waals surface area contributed by atoms with E-state index < -0.39 is 0 Å². The zero-order valence-corrected chi connectivity index (χ0v) is 11.2. The third kappa shape index (κ3) is 3.70. The highest BCUT2D eigenvalue weighted by Gasteiger charge is 2.31. The third-order valence-electron chi connectivity index (χ3n) is 2.77. The highest BCUT2D eigenvalue weighted by molar-refractivity contribution is 7.10. The predicted octanol–water partition coefficient (Wildman–Crippen LogP) is 3.41. The van der Waals surface area contributed by atoms with Crippen LogP contribution in [0.3, 0.4) is 0 Å². The second kappa shape index (κ2) is 5.50. The van der Waals surface area contributed by atoms with Crippen molar-refractivity contribution >= 4 is 23.3 Å². The molecule has 1 aliphatic carbocycles. The molecule has 1 amide bonds. The van der Waals surface area contributed by atoms with Crippen LogP contribution in [0.2, 0.25) is 0 Å². The molecule has 0 radical (unpaired) electrons. The molecule has 0 unspecified atom stereocenters. The highest BCUT2D eigenvalue weighted by atomic mass is 32.1. The smallest absolute Gasteiger partial charge is 0.246 e. The fourth-order valence-corrected chi connectivity index (χ4v) is 2.45. The van der Waals surface area contributed by atoms with E-state index in [2.05, 4.69) is 13.8 Å². The van der Waals surface area contributed by atoms with Gasteiger partial charge in [-0.1, -0.05) is 19.9 Å². The lowest BCUT2D eigenvalue weighted by molar-refractivity contribution is -0.127. The molecule has 0 atom stereocenters. The highest BCUT2D eigenvalue weighted by Crippen LogP contribution is 2.28. The van der Waals surface area contributed by atoms with Crippen LogP contribution in [0.25, 0.3) is 6.08 Å². The van der Waals surface area contributed by atoms with Crippen molar-refractivity contribution < 1.29 is 4.79 Å². The molecule has 0 bridgehead atoms. The van der Waals surface area contributed by atoms with Crippen molar-refractivity contribution in [2.75, 3.05) is 6.54 Å². The van der Waals surface area contributed by atoms with Gasteiger partial charge in [0.2, 0.25) is 5.91 Å². The third-order valence-corrected chi connectivity index (χ3v) is 3.60. The van der Waals surface area contributed by atoms with Gasteiger partial charge < -0.3 is 4.90 Å². The summed E-state index contributed by atoms with van der Waals surface area (Å²) in [4.78, 5) is 15.3. The van der Waals surface area contributed by atoms with E-state index in [0.29, 0.717) is 12.0 Å². The van der Waals surface area contributed by atoms with E-state index >= 15 is 0 Å². The predicted molar refractivity (Wildman–Crippen MR) is 72.9 cm³/mol. The molecule has 3 heteroatoms. The van der Waals surface area contributed by atoms with Crippen LogP contribution in [0.4, 0.5) is 0 Å². The fourth-order valence-electron chi connectivity index (χ4n) is 1.83. The molecule has 1 saturated carbocycles. The van der Waals surface area contributed by atoms with E-state index in [1.165, 1.54) is 12.8 Å². The Morgan fingerprint density at radius 3 is 2.88 bits per heavy atom. The van der Waals surface area contributed by atoms with Gasteiger partial charge in [-0.15, -0.1) is 11.3 Å². The number of carbonyl (C=O) groups is 1. The summed E-state index contributed by atoms with van der Waals surface area (Å²) in [6.07, 6.45) is 5.98. The topological polar surface area (TPSA) is 20.3 Å². The maximum absolute atomic E-state index is 12.1. The maximum Gasteiger partial charge on any atom is 0.246 e. The minimum Gasteiger partial charge on any atom is -0.336 e. The molecule has 1 aromatic heterocycles. The number of amides is 1. The standard InChI is InChI=1S/C14H19NOS/c1-11(2)10-15(12-5-6-12)14(16)8-7-13-4-3-9-17-13/h3-4,7-9,11-12H,5-6,10H2,1-2H3/b8-7+. The summed E-state index contributed by atoms with van der Waals surface area (Å²) in [7, 11) is 0. The van der Waals surface area contributed by atoms with E-state index in [0.717, 1.165) is 11.4 Å². The van der Waals surface area contributed by atoms with Crippen molar-refractivity contribution in [2.45, 2.75) is 32.7 Å². The van der Waals surface area contributed by atoms with Crippen LogP contribution in [0, 0.1) is 5.92 Å². The number of carbonyl (C=O) groups excluding carboxylic acids is 1. The summed E-state index contributed by atoms with van der Waals surface area (Å²) < 4.78 is 0. The SMILES string of the molecule is CC(C)CN(C(=O)/C=C/c1cccs1)C1CC1. The molecule has 0 saturated heterocycles. The Balaban J connectivity index is 1.96. The van der Waals surface area contributed by atoms with Crippen molar-refractivity contribution in [1.82, 2.24) is 4.90 Å². The number of rotatable bonds is 5. The lowest BCUT2D eigenvalue weighted by Gasteiger charge is -2.22. The fraction of sp³-hybridized carbons (Fsp3) is 0.500. The number of thiophene rings is 1. The van der Waals surface area contributed by atoms with Crippen LogP contribution in [-0.2, 0) is 4.79 Å². The Morgan fingerprint density at radius 1 is 1.59 bits per heavy atom. The van der Waals surface area contributed by atoms with Gasteiger partial charge in [0.1, 0.15) is 0 Å². The summed E-state index contributed by atoms with van der Waals surface area (Å²) >= 11 is 1.66. The van der Waals surface area contributed by atoms with Gasteiger partial charge in [0.05, 0.1) is 0 Å². The van der Waals surface area contributed by atoms with Gasteiger partial charge in [0, 0.05) is 23.5 Å². The maximum atomic E-state index is 12.1.